The summed E-state index contributed by atoms with van der Waals surface area (Å²) < 4.78 is 38.3. The van der Waals surface area contributed by atoms with Crippen LogP contribution in [0, 0.1) is 35.5 Å². The molecule has 0 heterocycles. The molecule has 0 aromatic heterocycles. The summed E-state index contributed by atoms with van der Waals surface area (Å²) in [6, 6.07) is 8.55. The van der Waals surface area contributed by atoms with Crippen LogP contribution in [-0.4, -0.2) is 6.18 Å². The first-order chi connectivity index (χ1) is 13.9. The normalized spacial score (nSPS) is 28.8. The highest BCUT2D eigenvalue weighted by Gasteiger charge is 2.41. The molecule has 1 atom stereocenters. The van der Waals surface area contributed by atoms with Crippen LogP contribution in [0.15, 0.2) is 36.9 Å². The van der Waals surface area contributed by atoms with E-state index in [1.165, 1.54) is 37.7 Å². The molecule has 0 N–H and O–H groups in total. The number of allylic oxidation sites excluding steroid dienone is 1. The van der Waals surface area contributed by atoms with Crippen molar-refractivity contribution >= 4 is 0 Å². The molecule has 158 valence electrons. The Labute approximate surface area is 174 Å². The molecule has 2 aliphatic carbocycles. The van der Waals surface area contributed by atoms with Crippen LogP contribution in [0.1, 0.15) is 81.8 Å². The van der Waals surface area contributed by atoms with Crippen molar-refractivity contribution in [3.05, 3.63) is 48.0 Å². The van der Waals surface area contributed by atoms with Gasteiger partial charge in [0.25, 0.3) is 0 Å². The summed E-state index contributed by atoms with van der Waals surface area (Å²) in [5.41, 5.74) is 2.37. The van der Waals surface area contributed by atoms with Gasteiger partial charge in [-0.3, -0.25) is 0 Å². The smallest absolute Gasteiger partial charge is 0.171 e. The molecule has 0 saturated heterocycles. The number of benzene rings is 1. The van der Waals surface area contributed by atoms with Crippen LogP contribution in [0.3, 0.4) is 0 Å². The minimum atomic E-state index is -4.05. The van der Waals surface area contributed by atoms with Gasteiger partial charge in [0.2, 0.25) is 0 Å². The predicted molar refractivity (Wildman–Crippen MR) is 114 cm³/mol. The van der Waals surface area contributed by atoms with Gasteiger partial charge in [0.15, 0.2) is 0 Å². The van der Waals surface area contributed by atoms with Crippen molar-refractivity contribution in [1.82, 2.24) is 0 Å². The highest BCUT2D eigenvalue weighted by atomic mass is 19.4. The molecule has 3 rings (SSSR count). The Morgan fingerprint density at radius 3 is 2.14 bits per heavy atom. The summed E-state index contributed by atoms with van der Waals surface area (Å²) in [7, 11) is 0. The van der Waals surface area contributed by atoms with Gasteiger partial charge in [-0.05, 0) is 93.2 Å². The van der Waals surface area contributed by atoms with Crippen LogP contribution in [0.2, 0.25) is 0 Å². The second kappa shape index (κ2) is 9.88. The van der Waals surface area contributed by atoms with Gasteiger partial charge < -0.3 is 0 Å². The van der Waals surface area contributed by atoms with Gasteiger partial charge in [0.1, 0.15) is 0 Å². The highest BCUT2D eigenvalue weighted by molar-refractivity contribution is 5.37. The Morgan fingerprint density at radius 1 is 1.00 bits per heavy atom. The molecular formula is C26H33F3. The second-order valence-corrected chi connectivity index (χ2v) is 8.90. The van der Waals surface area contributed by atoms with Crippen molar-refractivity contribution in [3.63, 3.8) is 0 Å². The molecule has 0 amide bonds. The van der Waals surface area contributed by atoms with E-state index >= 15 is 0 Å². The maximum atomic E-state index is 12.8. The fourth-order valence-corrected chi connectivity index (χ4v) is 5.16. The molecule has 1 aromatic carbocycles. The molecule has 0 nitrogen and oxygen atoms in total. The molecule has 29 heavy (non-hydrogen) atoms. The lowest BCUT2D eigenvalue weighted by molar-refractivity contribution is -0.182. The van der Waals surface area contributed by atoms with Crippen LogP contribution in [-0.2, 0) is 0 Å². The average molecular weight is 403 g/mol. The van der Waals surface area contributed by atoms with Gasteiger partial charge in [0, 0.05) is 11.5 Å². The third-order valence-electron chi connectivity index (χ3n) is 7.14. The van der Waals surface area contributed by atoms with Crippen LogP contribution in [0.4, 0.5) is 13.2 Å². The topological polar surface area (TPSA) is 0 Å². The molecule has 0 aliphatic heterocycles. The third-order valence-corrected chi connectivity index (χ3v) is 7.14. The van der Waals surface area contributed by atoms with Crippen molar-refractivity contribution in [2.45, 2.75) is 76.8 Å². The molecule has 3 heteroatoms. The van der Waals surface area contributed by atoms with Crippen LogP contribution < -0.4 is 0 Å². The molecule has 0 bridgehead atoms. The first-order valence-electron chi connectivity index (χ1n) is 11.2. The largest absolute Gasteiger partial charge is 0.391 e. The summed E-state index contributed by atoms with van der Waals surface area (Å²) in [6.07, 6.45) is 5.85. The summed E-state index contributed by atoms with van der Waals surface area (Å²) in [6.45, 7) is 6.25. The summed E-state index contributed by atoms with van der Waals surface area (Å²) >= 11 is 0. The van der Waals surface area contributed by atoms with Crippen LogP contribution in [0.25, 0.3) is 0 Å². The average Bonchev–Trinajstić information content (AvgIpc) is 2.74. The molecular weight excluding hydrogens is 369 g/mol. The zero-order valence-electron chi connectivity index (χ0n) is 17.5. The molecule has 2 aliphatic rings. The van der Waals surface area contributed by atoms with E-state index in [1.807, 2.05) is 0 Å². The number of hydrogen-bond acceptors (Lipinski definition) is 0. The first-order valence-corrected chi connectivity index (χ1v) is 11.2. The van der Waals surface area contributed by atoms with E-state index in [2.05, 4.69) is 55.7 Å². The van der Waals surface area contributed by atoms with E-state index in [0.29, 0.717) is 24.7 Å². The fraction of sp³-hybridized carbons (Fsp3) is 0.615. The van der Waals surface area contributed by atoms with E-state index in [9.17, 15) is 13.2 Å². The molecule has 2 saturated carbocycles. The summed E-state index contributed by atoms with van der Waals surface area (Å²) in [5.74, 6) is 7.44. The fourth-order valence-electron chi connectivity index (χ4n) is 5.16. The Morgan fingerprint density at radius 2 is 1.62 bits per heavy atom. The van der Waals surface area contributed by atoms with Crippen LogP contribution >= 0.6 is 0 Å². The van der Waals surface area contributed by atoms with E-state index in [1.54, 1.807) is 0 Å². The number of halogens is 3. The van der Waals surface area contributed by atoms with Gasteiger partial charge in [-0.25, -0.2) is 0 Å². The highest BCUT2D eigenvalue weighted by Crippen LogP contribution is 2.40. The lowest BCUT2D eigenvalue weighted by atomic mass is 9.73. The van der Waals surface area contributed by atoms with Gasteiger partial charge >= 0.3 is 6.18 Å². The third kappa shape index (κ3) is 5.91. The van der Waals surface area contributed by atoms with Crippen molar-refractivity contribution in [2.24, 2.45) is 23.7 Å². The Kier molecular flexibility index (Phi) is 7.49. The number of rotatable bonds is 4. The minimum absolute atomic E-state index is 0.0972. The molecule has 0 radical (unpaired) electrons. The van der Waals surface area contributed by atoms with E-state index in [4.69, 9.17) is 0 Å². The summed E-state index contributed by atoms with van der Waals surface area (Å²) in [4.78, 5) is 0. The van der Waals surface area contributed by atoms with E-state index in [0.717, 1.165) is 11.5 Å². The monoisotopic (exact) mass is 402 g/mol. The minimum Gasteiger partial charge on any atom is -0.171 e. The Balaban J connectivity index is 1.51. The first kappa shape index (κ1) is 22.0. The van der Waals surface area contributed by atoms with Gasteiger partial charge in [-0.15, -0.1) is 6.58 Å². The van der Waals surface area contributed by atoms with E-state index in [-0.39, 0.29) is 18.8 Å². The van der Waals surface area contributed by atoms with Crippen LogP contribution in [0.5, 0.6) is 0 Å². The zero-order chi connectivity index (χ0) is 20.9. The van der Waals surface area contributed by atoms with Crippen molar-refractivity contribution in [3.8, 4) is 11.8 Å². The standard InChI is InChI=1S/C26H33F3/c1-3-21(4-2)22-13-15-24(16-14-22)23-11-7-19(8-12-23)5-6-20-9-17-25(18-10-20)26(27,28)29/h3,7-8,11-12,20-22,24-25H,1,4,9-10,13-18H2,2H3/t20-,21?,22-,24-,25-. The van der Waals surface area contributed by atoms with Gasteiger partial charge in [0.05, 0.1) is 5.92 Å². The zero-order valence-corrected chi connectivity index (χ0v) is 17.5. The maximum absolute atomic E-state index is 12.8. The van der Waals surface area contributed by atoms with Gasteiger partial charge in [-0.1, -0.05) is 37.0 Å². The van der Waals surface area contributed by atoms with Gasteiger partial charge in [-0.2, -0.15) is 13.2 Å². The van der Waals surface area contributed by atoms with Crippen molar-refractivity contribution in [1.29, 1.82) is 0 Å². The van der Waals surface area contributed by atoms with Crippen molar-refractivity contribution in [2.75, 3.05) is 0 Å². The summed E-state index contributed by atoms with van der Waals surface area (Å²) in [5, 5.41) is 0. The lowest BCUT2D eigenvalue weighted by Gasteiger charge is -2.32. The maximum Gasteiger partial charge on any atom is 0.391 e. The second-order valence-electron chi connectivity index (χ2n) is 8.90. The number of hydrogen-bond donors (Lipinski definition) is 0. The molecule has 0 spiro atoms. The quantitative estimate of drug-likeness (QED) is 0.355. The number of alkyl halides is 3. The predicted octanol–water partition coefficient (Wildman–Crippen LogP) is 7.89. The Hall–Kier alpha value is -1.69. The molecule has 1 aromatic rings. The molecule has 2 fully saturated rings. The van der Waals surface area contributed by atoms with E-state index < -0.39 is 12.1 Å². The lowest BCUT2D eigenvalue weighted by Crippen LogP contribution is -2.27. The molecule has 1 unspecified atom stereocenters. The Bertz CT molecular complexity index is 703. The van der Waals surface area contributed by atoms with Crippen molar-refractivity contribution < 1.29 is 13.2 Å². The SMILES string of the molecule is C=CC(CC)[C@H]1CC[C@H](c2ccc(C#C[C@H]3CC[C@H](C(F)(F)F)CC3)cc2)CC1.